The first-order valence-corrected chi connectivity index (χ1v) is 12.6. The standard InChI is InChI=1S/C28H32N4O5.ClH/c1-6-28(37-15(2)33)18-12-21-23-16(13-32(21)25(34)17(18)14-36-26(28)35)24(30-11-10-27(3,4)5)22-19(29)8-7-9-20(22)31-23;/h7-9,12H,6,10-11,13-14,29H2,1-5H3,(H,30,31);1H/t28-;/m0./s1. The number of anilines is 2. The highest BCUT2D eigenvalue weighted by Gasteiger charge is 2.50. The smallest absolute Gasteiger partial charge is 0.355 e. The van der Waals surface area contributed by atoms with Gasteiger partial charge in [-0.15, -0.1) is 12.4 Å². The van der Waals surface area contributed by atoms with Gasteiger partial charge in [-0.25, -0.2) is 9.78 Å². The fourth-order valence-corrected chi connectivity index (χ4v) is 5.32. The molecule has 1 aromatic carbocycles. The van der Waals surface area contributed by atoms with Gasteiger partial charge in [-0.05, 0) is 36.5 Å². The fourth-order valence-electron chi connectivity index (χ4n) is 5.32. The van der Waals surface area contributed by atoms with Gasteiger partial charge in [-0.3, -0.25) is 9.59 Å². The van der Waals surface area contributed by atoms with Crippen LogP contribution in [0.25, 0.3) is 22.3 Å². The van der Waals surface area contributed by atoms with Crippen LogP contribution in [-0.2, 0) is 37.8 Å². The average molecular weight is 541 g/mol. The normalized spacial score (nSPS) is 17.7. The molecule has 0 fully saturated rings. The van der Waals surface area contributed by atoms with Crippen molar-refractivity contribution in [3.8, 4) is 11.4 Å². The number of hydrogen-bond acceptors (Lipinski definition) is 8. The van der Waals surface area contributed by atoms with Crippen molar-refractivity contribution in [2.45, 2.75) is 66.2 Å². The number of aromatic nitrogens is 2. The van der Waals surface area contributed by atoms with Gasteiger partial charge in [0.2, 0.25) is 5.60 Å². The first-order valence-electron chi connectivity index (χ1n) is 12.6. The topological polar surface area (TPSA) is 126 Å². The number of esters is 2. The van der Waals surface area contributed by atoms with E-state index < -0.39 is 17.5 Å². The van der Waals surface area contributed by atoms with Crippen molar-refractivity contribution in [2.24, 2.45) is 5.41 Å². The van der Waals surface area contributed by atoms with E-state index in [9.17, 15) is 14.4 Å². The lowest BCUT2D eigenvalue weighted by Gasteiger charge is -2.35. The summed E-state index contributed by atoms with van der Waals surface area (Å²) in [5.74, 6) is -1.30. The predicted octanol–water partition coefficient (Wildman–Crippen LogP) is 4.50. The highest BCUT2D eigenvalue weighted by molar-refractivity contribution is 6.04. The van der Waals surface area contributed by atoms with Gasteiger partial charge in [-0.2, -0.15) is 0 Å². The maximum atomic E-state index is 13.7. The zero-order valence-corrected chi connectivity index (χ0v) is 23.1. The Morgan fingerprint density at radius 2 is 2.00 bits per heavy atom. The summed E-state index contributed by atoms with van der Waals surface area (Å²) in [6.07, 6.45) is 1.07. The number of ether oxygens (including phenoxy) is 2. The van der Waals surface area contributed by atoms with Crippen molar-refractivity contribution >= 4 is 46.6 Å². The molecular formula is C28H33ClN4O5. The van der Waals surface area contributed by atoms with Crippen LogP contribution in [0, 0.1) is 5.41 Å². The Labute approximate surface area is 227 Å². The van der Waals surface area contributed by atoms with Gasteiger partial charge >= 0.3 is 11.9 Å². The van der Waals surface area contributed by atoms with Crippen molar-refractivity contribution in [3.05, 3.63) is 51.3 Å². The zero-order valence-electron chi connectivity index (χ0n) is 22.3. The van der Waals surface area contributed by atoms with E-state index >= 15 is 0 Å². The number of halogens is 1. The third-order valence-corrected chi connectivity index (χ3v) is 7.21. The molecular weight excluding hydrogens is 508 g/mol. The largest absolute Gasteiger partial charge is 0.457 e. The molecule has 3 aromatic rings. The van der Waals surface area contributed by atoms with E-state index in [4.69, 9.17) is 20.2 Å². The van der Waals surface area contributed by atoms with E-state index in [2.05, 4.69) is 26.1 Å². The van der Waals surface area contributed by atoms with Crippen molar-refractivity contribution in [3.63, 3.8) is 0 Å². The molecule has 0 spiro atoms. The number of nitrogens with two attached hydrogens (primary N) is 1. The molecule has 0 saturated heterocycles. The fraction of sp³-hybridized carbons (Fsp3) is 0.429. The van der Waals surface area contributed by atoms with Crippen LogP contribution in [0.2, 0.25) is 0 Å². The maximum absolute atomic E-state index is 13.7. The van der Waals surface area contributed by atoms with Crippen molar-refractivity contribution in [1.29, 1.82) is 0 Å². The third-order valence-electron chi connectivity index (χ3n) is 7.21. The number of hydrogen-bond donors (Lipinski definition) is 2. The molecule has 38 heavy (non-hydrogen) atoms. The molecule has 5 rings (SSSR count). The predicted molar refractivity (Wildman–Crippen MR) is 148 cm³/mol. The Bertz CT molecular complexity index is 1520. The maximum Gasteiger partial charge on any atom is 0.355 e. The molecule has 0 amide bonds. The summed E-state index contributed by atoms with van der Waals surface area (Å²) in [5.41, 5.74) is 9.49. The minimum atomic E-state index is -1.67. The first kappa shape index (κ1) is 27.4. The van der Waals surface area contributed by atoms with Gasteiger partial charge in [0.25, 0.3) is 5.56 Å². The molecule has 0 bridgehead atoms. The van der Waals surface area contributed by atoms with Crippen LogP contribution >= 0.6 is 12.4 Å². The molecule has 0 radical (unpaired) electrons. The number of nitrogens with zero attached hydrogens (tertiary/aromatic N) is 2. The molecule has 2 aliphatic rings. The minimum Gasteiger partial charge on any atom is -0.457 e. The van der Waals surface area contributed by atoms with Crippen LogP contribution < -0.4 is 16.6 Å². The Morgan fingerprint density at radius 3 is 2.66 bits per heavy atom. The number of fused-ring (bicyclic) bond motifs is 5. The van der Waals surface area contributed by atoms with E-state index in [0.29, 0.717) is 40.3 Å². The number of nitrogens with one attached hydrogen (secondary N) is 1. The lowest BCUT2D eigenvalue weighted by Crippen LogP contribution is -2.47. The lowest BCUT2D eigenvalue weighted by atomic mass is 9.85. The molecule has 0 aliphatic carbocycles. The molecule has 10 heteroatoms. The Morgan fingerprint density at radius 1 is 1.26 bits per heavy atom. The molecule has 0 saturated carbocycles. The van der Waals surface area contributed by atoms with Crippen molar-refractivity contribution in [1.82, 2.24) is 9.55 Å². The molecule has 3 N–H and O–H groups in total. The van der Waals surface area contributed by atoms with E-state index in [-0.39, 0.29) is 36.4 Å². The average Bonchev–Trinajstić information content (AvgIpc) is 3.19. The van der Waals surface area contributed by atoms with Gasteiger partial charge in [0.15, 0.2) is 0 Å². The van der Waals surface area contributed by atoms with Crippen LogP contribution in [0.3, 0.4) is 0 Å². The zero-order chi connectivity index (χ0) is 26.7. The highest BCUT2D eigenvalue weighted by atomic mass is 35.5. The number of pyridine rings is 2. The van der Waals surface area contributed by atoms with Crippen LogP contribution in [-0.4, -0.2) is 28.0 Å². The molecule has 4 heterocycles. The summed E-state index contributed by atoms with van der Waals surface area (Å²) in [6.45, 7) is 10.4. The molecule has 9 nitrogen and oxygen atoms in total. The van der Waals surface area contributed by atoms with Gasteiger partial charge < -0.3 is 25.1 Å². The van der Waals surface area contributed by atoms with Gasteiger partial charge in [-0.1, -0.05) is 33.8 Å². The number of rotatable bonds is 5. The van der Waals surface area contributed by atoms with Crippen LogP contribution in [0.1, 0.15) is 64.2 Å². The molecule has 2 aromatic heterocycles. The van der Waals surface area contributed by atoms with Crippen molar-refractivity contribution < 1.29 is 19.1 Å². The summed E-state index contributed by atoms with van der Waals surface area (Å²) in [7, 11) is 0. The number of carbonyl (C=O) groups is 2. The van der Waals surface area contributed by atoms with E-state index in [1.807, 2.05) is 18.2 Å². The monoisotopic (exact) mass is 540 g/mol. The molecule has 2 aliphatic heterocycles. The quantitative estimate of drug-likeness (QED) is 0.280. The molecule has 202 valence electrons. The number of nitrogen functional groups attached to an aromatic ring is 1. The van der Waals surface area contributed by atoms with Gasteiger partial charge in [0.1, 0.15) is 6.61 Å². The summed E-state index contributed by atoms with van der Waals surface area (Å²) >= 11 is 0. The Balaban J connectivity index is 0.00000336. The first-order chi connectivity index (χ1) is 17.5. The summed E-state index contributed by atoms with van der Waals surface area (Å²) in [6, 6.07) is 7.35. The van der Waals surface area contributed by atoms with Crippen LogP contribution in [0.15, 0.2) is 29.1 Å². The highest BCUT2D eigenvalue weighted by Crippen LogP contribution is 2.44. The van der Waals surface area contributed by atoms with E-state index in [1.165, 1.54) is 6.92 Å². The second-order valence-electron chi connectivity index (χ2n) is 11.0. The SMILES string of the molecule is CC[C@@]1(OC(C)=O)C(=O)OCc2c1cc1n(c2=O)Cc2c-1nc1cccc(N)c1c2NCCC(C)(C)C.Cl. The van der Waals surface area contributed by atoms with Crippen molar-refractivity contribution in [2.75, 3.05) is 17.6 Å². The molecule has 0 unspecified atom stereocenters. The Hall–Kier alpha value is -3.59. The summed E-state index contributed by atoms with van der Waals surface area (Å²) in [5, 5.41) is 4.41. The number of cyclic esters (lactones) is 1. The molecule has 1 atom stereocenters. The van der Waals surface area contributed by atoms with Gasteiger partial charge in [0.05, 0.1) is 34.7 Å². The second kappa shape index (κ2) is 9.62. The van der Waals surface area contributed by atoms with Crippen LogP contribution in [0.5, 0.6) is 0 Å². The number of carbonyl (C=O) groups excluding carboxylic acids is 2. The lowest BCUT2D eigenvalue weighted by molar-refractivity contribution is -0.188. The summed E-state index contributed by atoms with van der Waals surface area (Å²) in [4.78, 5) is 43.6. The Kier molecular flexibility index (Phi) is 6.95. The van der Waals surface area contributed by atoms with Crippen LogP contribution in [0.4, 0.5) is 11.4 Å². The summed E-state index contributed by atoms with van der Waals surface area (Å²) < 4.78 is 12.5. The van der Waals surface area contributed by atoms with E-state index in [1.54, 1.807) is 17.6 Å². The second-order valence-corrected chi connectivity index (χ2v) is 11.0. The number of benzene rings is 1. The minimum absolute atomic E-state index is 0. The van der Waals surface area contributed by atoms with Gasteiger partial charge in [0, 0.05) is 35.7 Å². The third kappa shape index (κ3) is 4.28. The van der Waals surface area contributed by atoms with E-state index in [0.717, 1.165) is 29.6 Å².